The highest BCUT2D eigenvalue weighted by Gasteiger charge is 2.21. The van der Waals surface area contributed by atoms with Gasteiger partial charge in [-0.2, -0.15) is 0 Å². The summed E-state index contributed by atoms with van der Waals surface area (Å²) in [6, 6.07) is 4.66. The minimum absolute atomic E-state index is 0.158. The fourth-order valence-electron chi connectivity index (χ4n) is 1.92. The molecule has 0 aromatic heterocycles. The molecule has 0 amide bonds. The smallest absolute Gasteiger partial charge is 0.147 e. The molecule has 2 nitrogen and oxygen atoms in total. The summed E-state index contributed by atoms with van der Waals surface area (Å²) in [5.41, 5.74) is 0.368. The summed E-state index contributed by atoms with van der Waals surface area (Å²) < 4.78 is 19.0. The average molecular weight is 244 g/mol. The Balaban J connectivity index is 1.94. The molecule has 0 aliphatic carbocycles. The average Bonchev–Trinajstić information content (AvgIpc) is 2.63. The molecule has 1 saturated heterocycles. The number of benzene rings is 1. The third-order valence-corrected chi connectivity index (χ3v) is 3.10. The molecule has 4 heteroatoms. The third kappa shape index (κ3) is 2.66. The Bertz CT molecular complexity index is 352. The Kier molecular flexibility index (Phi) is 3.66. The molecule has 2 unspecified atom stereocenters. The van der Waals surface area contributed by atoms with E-state index in [2.05, 4.69) is 12.2 Å². The Morgan fingerprint density at radius 3 is 2.94 bits per heavy atom. The van der Waals surface area contributed by atoms with E-state index >= 15 is 0 Å². The normalized spacial score (nSPS) is 24.7. The zero-order valence-corrected chi connectivity index (χ0v) is 9.93. The number of halogens is 2. The predicted molar refractivity (Wildman–Crippen MR) is 63.5 cm³/mol. The number of hydrogen-bond acceptors (Lipinski definition) is 2. The minimum atomic E-state index is -0.321. The maximum atomic E-state index is 13.4. The lowest BCUT2D eigenvalue weighted by Gasteiger charge is -2.14. The van der Waals surface area contributed by atoms with Crippen LogP contribution in [-0.2, 0) is 4.74 Å². The SMILES string of the molecule is CC1CCC(CNc2c(F)cccc2Cl)O1. The molecule has 2 rings (SSSR count). The Hall–Kier alpha value is -0.800. The van der Waals surface area contributed by atoms with E-state index in [-0.39, 0.29) is 11.9 Å². The van der Waals surface area contributed by atoms with Crippen molar-refractivity contribution in [1.82, 2.24) is 0 Å². The molecule has 1 N–H and O–H groups in total. The van der Waals surface area contributed by atoms with Crippen molar-refractivity contribution in [2.24, 2.45) is 0 Å². The monoisotopic (exact) mass is 243 g/mol. The van der Waals surface area contributed by atoms with Crippen molar-refractivity contribution in [3.8, 4) is 0 Å². The van der Waals surface area contributed by atoms with E-state index in [1.165, 1.54) is 6.07 Å². The van der Waals surface area contributed by atoms with Crippen molar-refractivity contribution in [1.29, 1.82) is 0 Å². The van der Waals surface area contributed by atoms with Crippen LogP contribution in [0.1, 0.15) is 19.8 Å². The first-order chi connectivity index (χ1) is 7.66. The third-order valence-electron chi connectivity index (χ3n) is 2.79. The van der Waals surface area contributed by atoms with Gasteiger partial charge in [-0.1, -0.05) is 17.7 Å². The van der Waals surface area contributed by atoms with Crippen LogP contribution in [0.2, 0.25) is 5.02 Å². The fraction of sp³-hybridized carbons (Fsp3) is 0.500. The highest BCUT2D eigenvalue weighted by molar-refractivity contribution is 6.33. The van der Waals surface area contributed by atoms with Gasteiger partial charge in [-0.05, 0) is 31.9 Å². The summed E-state index contributed by atoms with van der Waals surface area (Å²) in [5.74, 6) is -0.321. The highest BCUT2D eigenvalue weighted by atomic mass is 35.5. The van der Waals surface area contributed by atoms with Crippen LogP contribution in [0.3, 0.4) is 0 Å². The maximum absolute atomic E-state index is 13.4. The van der Waals surface area contributed by atoms with Crippen LogP contribution in [-0.4, -0.2) is 18.8 Å². The summed E-state index contributed by atoms with van der Waals surface area (Å²) in [6.07, 6.45) is 2.55. The molecular weight excluding hydrogens is 229 g/mol. The predicted octanol–water partition coefficient (Wildman–Crippen LogP) is 3.46. The van der Waals surface area contributed by atoms with Gasteiger partial charge in [0.1, 0.15) is 5.82 Å². The lowest BCUT2D eigenvalue weighted by molar-refractivity contribution is 0.0636. The van der Waals surface area contributed by atoms with Crippen LogP contribution in [0.15, 0.2) is 18.2 Å². The van der Waals surface area contributed by atoms with Gasteiger partial charge in [-0.15, -0.1) is 0 Å². The molecule has 1 aromatic carbocycles. The van der Waals surface area contributed by atoms with E-state index < -0.39 is 0 Å². The molecule has 1 fully saturated rings. The number of para-hydroxylation sites is 1. The van der Waals surface area contributed by atoms with Crippen molar-refractivity contribution < 1.29 is 9.13 Å². The van der Waals surface area contributed by atoms with Gasteiger partial charge >= 0.3 is 0 Å². The van der Waals surface area contributed by atoms with Crippen molar-refractivity contribution >= 4 is 17.3 Å². The van der Waals surface area contributed by atoms with E-state index in [1.54, 1.807) is 12.1 Å². The first-order valence-corrected chi connectivity index (χ1v) is 5.88. The van der Waals surface area contributed by atoms with Crippen LogP contribution in [0.4, 0.5) is 10.1 Å². The van der Waals surface area contributed by atoms with Gasteiger partial charge < -0.3 is 10.1 Å². The molecule has 0 radical (unpaired) electrons. The largest absolute Gasteiger partial charge is 0.379 e. The Labute approximate surface area is 99.7 Å². The first kappa shape index (κ1) is 11.7. The Morgan fingerprint density at radius 2 is 2.31 bits per heavy atom. The molecule has 1 aromatic rings. The maximum Gasteiger partial charge on any atom is 0.147 e. The topological polar surface area (TPSA) is 21.3 Å². The zero-order valence-electron chi connectivity index (χ0n) is 9.17. The molecule has 0 bridgehead atoms. The fourth-order valence-corrected chi connectivity index (χ4v) is 2.15. The van der Waals surface area contributed by atoms with Crippen molar-refractivity contribution in [3.05, 3.63) is 29.0 Å². The van der Waals surface area contributed by atoms with Crippen molar-refractivity contribution in [2.75, 3.05) is 11.9 Å². The molecule has 0 saturated carbocycles. The first-order valence-electron chi connectivity index (χ1n) is 5.50. The summed E-state index contributed by atoms with van der Waals surface area (Å²) >= 11 is 5.90. The van der Waals surface area contributed by atoms with Gasteiger partial charge in [0.05, 0.1) is 22.9 Å². The van der Waals surface area contributed by atoms with Crippen LogP contribution < -0.4 is 5.32 Å². The second kappa shape index (κ2) is 5.02. The van der Waals surface area contributed by atoms with Gasteiger partial charge in [-0.3, -0.25) is 0 Å². The van der Waals surface area contributed by atoms with Crippen molar-refractivity contribution in [2.45, 2.75) is 32.0 Å². The number of hydrogen-bond donors (Lipinski definition) is 1. The number of anilines is 1. The number of nitrogens with one attached hydrogen (secondary N) is 1. The van der Waals surface area contributed by atoms with E-state index in [0.717, 1.165) is 12.8 Å². The second-order valence-corrected chi connectivity index (χ2v) is 4.53. The van der Waals surface area contributed by atoms with Gasteiger partial charge in [0.2, 0.25) is 0 Å². The van der Waals surface area contributed by atoms with Crippen LogP contribution >= 0.6 is 11.6 Å². The number of ether oxygens (including phenoxy) is 1. The quantitative estimate of drug-likeness (QED) is 0.878. The number of rotatable bonds is 3. The van der Waals surface area contributed by atoms with E-state index in [9.17, 15) is 4.39 Å². The lowest BCUT2D eigenvalue weighted by Crippen LogP contribution is -2.20. The standard InChI is InChI=1S/C12H15ClFNO/c1-8-5-6-9(16-8)7-15-12-10(13)3-2-4-11(12)14/h2-4,8-9,15H,5-7H2,1H3. The van der Waals surface area contributed by atoms with E-state index in [0.29, 0.717) is 23.4 Å². The van der Waals surface area contributed by atoms with Crippen LogP contribution in [0.25, 0.3) is 0 Å². The molecule has 88 valence electrons. The summed E-state index contributed by atoms with van der Waals surface area (Å²) in [4.78, 5) is 0. The van der Waals surface area contributed by atoms with Crippen LogP contribution in [0.5, 0.6) is 0 Å². The molecule has 16 heavy (non-hydrogen) atoms. The summed E-state index contributed by atoms with van der Waals surface area (Å²) in [7, 11) is 0. The molecular formula is C12H15ClFNO. The van der Waals surface area contributed by atoms with Crippen LogP contribution in [0, 0.1) is 5.82 Å². The second-order valence-electron chi connectivity index (χ2n) is 4.12. The summed E-state index contributed by atoms with van der Waals surface area (Å²) in [5, 5.41) is 3.42. The van der Waals surface area contributed by atoms with Gasteiger partial charge in [-0.25, -0.2) is 4.39 Å². The molecule has 2 atom stereocenters. The van der Waals surface area contributed by atoms with Crippen molar-refractivity contribution in [3.63, 3.8) is 0 Å². The van der Waals surface area contributed by atoms with E-state index in [4.69, 9.17) is 16.3 Å². The molecule has 1 aliphatic rings. The summed E-state index contributed by atoms with van der Waals surface area (Å²) in [6.45, 7) is 2.65. The molecule has 1 heterocycles. The zero-order chi connectivity index (χ0) is 11.5. The molecule has 0 spiro atoms. The highest BCUT2D eigenvalue weighted by Crippen LogP contribution is 2.26. The van der Waals surface area contributed by atoms with Gasteiger partial charge in [0, 0.05) is 6.54 Å². The van der Waals surface area contributed by atoms with Gasteiger partial charge in [0.25, 0.3) is 0 Å². The Morgan fingerprint density at radius 1 is 1.50 bits per heavy atom. The van der Waals surface area contributed by atoms with Gasteiger partial charge in [0.15, 0.2) is 0 Å². The molecule has 1 aliphatic heterocycles. The van der Waals surface area contributed by atoms with E-state index in [1.807, 2.05) is 0 Å². The lowest BCUT2D eigenvalue weighted by atomic mass is 10.2. The minimum Gasteiger partial charge on any atom is -0.379 e.